The van der Waals surface area contributed by atoms with Gasteiger partial charge in [-0.05, 0) is 19.4 Å². The minimum Gasteiger partial charge on any atom is -0.361 e. The van der Waals surface area contributed by atoms with Crippen molar-refractivity contribution >= 4 is 10.0 Å². The van der Waals surface area contributed by atoms with E-state index >= 15 is 0 Å². The summed E-state index contributed by atoms with van der Waals surface area (Å²) in [6.07, 6.45) is 0. The van der Waals surface area contributed by atoms with Crippen LogP contribution in [0.1, 0.15) is 22.6 Å². The molecule has 0 radical (unpaired) electrons. The van der Waals surface area contributed by atoms with Crippen molar-refractivity contribution in [1.82, 2.24) is 9.46 Å². The van der Waals surface area contributed by atoms with Crippen LogP contribution in [0.3, 0.4) is 0 Å². The highest BCUT2D eigenvalue weighted by Gasteiger charge is 2.20. The highest BCUT2D eigenvalue weighted by molar-refractivity contribution is 7.88. The van der Waals surface area contributed by atoms with Crippen LogP contribution in [0.2, 0.25) is 0 Å². The quantitative estimate of drug-likeness (QED) is 0.848. The zero-order chi connectivity index (χ0) is 14.8. The molecule has 0 N–H and O–H groups in total. The van der Waals surface area contributed by atoms with E-state index in [1.54, 1.807) is 20.0 Å². The fraction of sp³-hybridized carbons (Fsp3) is 0.357. The van der Waals surface area contributed by atoms with Crippen molar-refractivity contribution in [2.45, 2.75) is 26.1 Å². The van der Waals surface area contributed by atoms with Crippen LogP contribution < -0.4 is 0 Å². The molecule has 2 rings (SSSR count). The zero-order valence-corrected chi connectivity index (χ0v) is 12.6. The molecule has 0 atom stereocenters. The van der Waals surface area contributed by atoms with E-state index in [0.29, 0.717) is 11.5 Å². The van der Waals surface area contributed by atoms with E-state index in [1.807, 2.05) is 31.2 Å². The van der Waals surface area contributed by atoms with Crippen LogP contribution in [0.15, 0.2) is 34.9 Å². The molecule has 0 bridgehead atoms. The first-order chi connectivity index (χ1) is 9.37. The van der Waals surface area contributed by atoms with E-state index in [0.717, 1.165) is 11.1 Å². The third kappa shape index (κ3) is 3.68. The van der Waals surface area contributed by atoms with E-state index in [1.165, 1.54) is 4.31 Å². The van der Waals surface area contributed by atoms with Gasteiger partial charge in [0.25, 0.3) is 0 Å². The van der Waals surface area contributed by atoms with Crippen molar-refractivity contribution < 1.29 is 12.9 Å². The lowest BCUT2D eigenvalue weighted by molar-refractivity contribution is 0.378. The molecule has 1 heterocycles. The fourth-order valence-corrected chi connectivity index (χ4v) is 2.99. The molecule has 0 aliphatic rings. The number of rotatable bonds is 5. The second-order valence-electron chi connectivity index (χ2n) is 4.93. The predicted octanol–water partition coefficient (Wildman–Crippen LogP) is 2.25. The fourth-order valence-electron chi connectivity index (χ4n) is 1.82. The molecular formula is C14H18N2O3S. The Balaban J connectivity index is 2.07. The molecule has 0 saturated heterocycles. The lowest BCUT2D eigenvalue weighted by Gasteiger charge is -2.15. The summed E-state index contributed by atoms with van der Waals surface area (Å²) in [6.45, 7) is 3.96. The Morgan fingerprint density at radius 2 is 1.85 bits per heavy atom. The Morgan fingerprint density at radius 1 is 1.20 bits per heavy atom. The number of sulfonamides is 1. The first-order valence-corrected chi connectivity index (χ1v) is 7.89. The van der Waals surface area contributed by atoms with Gasteiger partial charge in [-0.15, -0.1) is 0 Å². The van der Waals surface area contributed by atoms with Crippen molar-refractivity contribution in [1.29, 1.82) is 0 Å². The third-order valence-electron chi connectivity index (χ3n) is 3.01. The highest BCUT2D eigenvalue weighted by Crippen LogP contribution is 2.13. The van der Waals surface area contributed by atoms with Gasteiger partial charge in [-0.25, -0.2) is 8.42 Å². The van der Waals surface area contributed by atoms with Crippen LogP contribution >= 0.6 is 0 Å². The second-order valence-corrected chi connectivity index (χ2v) is 7.00. The summed E-state index contributed by atoms with van der Waals surface area (Å²) in [5.41, 5.74) is 2.49. The predicted molar refractivity (Wildman–Crippen MR) is 76.5 cm³/mol. The number of aryl methyl sites for hydroxylation is 2. The van der Waals surface area contributed by atoms with Crippen molar-refractivity contribution in [3.63, 3.8) is 0 Å². The van der Waals surface area contributed by atoms with E-state index in [4.69, 9.17) is 4.52 Å². The lowest BCUT2D eigenvalue weighted by Crippen LogP contribution is -2.27. The first-order valence-electron chi connectivity index (χ1n) is 6.28. The van der Waals surface area contributed by atoms with Gasteiger partial charge in [0.2, 0.25) is 10.0 Å². The molecule has 0 aliphatic heterocycles. The molecular weight excluding hydrogens is 276 g/mol. The Labute approximate surface area is 119 Å². The molecule has 1 aromatic carbocycles. The number of hydrogen-bond acceptors (Lipinski definition) is 4. The maximum absolute atomic E-state index is 12.3. The van der Waals surface area contributed by atoms with E-state index < -0.39 is 10.0 Å². The van der Waals surface area contributed by atoms with Gasteiger partial charge in [0.05, 0.1) is 18.0 Å². The van der Waals surface area contributed by atoms with Gasteiger partial charge >= 0.3 is 0 Å². The van der Waals surface area contributed by atoms with Gasteiger partial charge in [0.1, 0.15) is 5.76 Å². The van der Waals surface area contributed by atoms with Crippen molar-refractivity contribution in [3.05, 3.63) is 52.9 Å². The van der Waals surface area contributed by atoms with E-state index in [-0.39, 0.29) is 12.3 Å². The number of nitrogens with zero attached hydrogens (tertiary/aromatic N) is 2. The normalized spacial score (nSPS) is 12.0. The Kier molecular flexibility index (Phi) is 4.25. The lowest BCUT2D eigenvalue weighted by atomic mass is 10.2. The Hall–Kier alpha value is -1.66. The van der Waals surface area contributed by atoms with Crippen LogP contribution in [-0.4, -0.2) is 24.9 Å². The van der Waals surface area contributed by atoms with Gasteiger partial charge in [0, 0.05) is 13.1 Å². The molecule has 0 amide bonds. The largest absolute Gasteiger partial charge is 0.361 e. The first kappa shape index (κ1) is 14.7. The summed E-state index contributed by atoms with van der Waals surface area (Å²) >= 11 is 0. The summed E-state index contributed by atoms with van der Waals surface area (Å²) in [5, 5.41) is 3.81. The summed E-state index contributed by atoms with van der Waals surface area (Å²) in [7, 11) is -1.81. The summed E-state index contributed by atoms with van der Waals surface area (Å²) in [5.74, 6) is 0.657. The molecule has 2 aromatic rings. The van der Waals surface area contributed by atoms with Crippen molar-refractivity contribution in [2.75, 3.05) is 7.05 Å². The summed E-state index contributed by atoms with van der Waals surface area (Å²) in [4.78, 5) is 0. The average molecular weight is 294 g/mol. The van der Waals surface area contributed by atoms with Crippen molar-refractivity contribution in [2.24, 2.45) is 0 Å². The maximum atomic E-state index is 12.3. The van der Waals surface area contributed by atoms with Gasteiger partial charge in [-0.3, -0.25) is 0 Å². The maximum Gasteiger partial charge on any atom is 0.218 e. The monoisotopic (exact) mass is 294 g/mol. The second kappa shape index (κ2) is 5.76. The molecule has 0 aliphatic carbocycles. The smallest absolute Gasteiger partial charge is 0.218 e. The van der Waals surface area contributed by atoms with Gasteiger partial charge in [-0.2, -0.15) is 4.31 Å². The zero-order valence-electron chi connectivity index (χ0n) is 11.8. The third-order valence-corrected chi connectivity index (χ3v) is 4.78. The van der Waals surface area contributed by atoms with Crippen LogP contribution in [-0.2, 0) is 22.3 Å². The highest BCUT2D eigenvalue weighted by atomic mass is 32.2. The molecule has 0 saturated carbocycles. The van der Waals surface area contributed by atoms with Gasteiger partial charge < -0.3 is 4.52 Å². The molecule has 0 unspecified atom stereocenters. The topological polar surface area (TPSA) is 63.4 Å². The standard InChI is InChI=1S/C14H18N2O3S/c1-11-4-6-13(7-5-11)10-20(17,18)16(3)9-14-8-12(2)19-15-14/h4-8H,9-10H2,1-3H3. The Bertz CT molecular complexity index is 675. The van der Waals surface area contributed by atoms with Gasteiger partial charge in [-0.1, -0.05) is 35.0 Å². The van der Waals surface area contributed by atoms with Crippen LogP contribution in [0, 0.1) is 13.8 Å². The average Bonchev–Trinajstić information content (AvgIpc) is 2.77. The molecule has 6 heteroatoms. The molecule has 20 heavy (non-hydrogen) atoms. The van der Waals surface area contributed by atoms with E-state index in [2.05, 4.69) is 5.16 Å². The number of aromatic nitrogens is 1. The van der Waals surface area contributed by atoms with Gasteiger partial charge in [0.15, 0.2) is 0 Å². The molecule has 0 spiro atoms. The van der Waals surface area contributed by atoms with Crippen LogP contribution in [0.25, 0.3) is 0 Å². The molecule has 0 fully saturated rings. The summed E-state index contributed by atoms with van der Waals surface area (Å²) < 4.78 is 30.8. The Morgan fingerprint density at radius 3 is 2.40 bits per heavy atom. The number of hydrogen-bond donors (Lipinski definition) is 0. The SMILES string of the molecule is Cc1ccc(CS(=O)(=O)N(C)Cc2cc(C)on2)cc1. The molecule has 108 valence electrons. The van der Waals surface area contributed by atoms with E-state index in [9.17, 15) is 8.42 Å². The van der Waals surface area contributed by atoms with Crippen LogP contribution in [0.4, 0.5) is 0 Å². The molecule has 1 aromatic heterocycles. The van der Waals surface area contributed by atoms with Crippen molar-refractivity contribution in [3.8, 4) is 0 Å². The van der Waals surface area contributed by atoms with Crippen LogP contribution in [0.5, 0.6) is 0 Å². The summed E-state index contributed by atoms with van der Waals surface area (Å²) in [6, 6.07) is 9.22. The minimum atomic E-state index is -3.36. The molecule has 5 nitrogen and oxygen atoms in total. The number of benzene rings is 1. The minimum absolute atomic E-state index is 0.0133.